The highest BCUT2D eigenvalue weighted by Crippen LogP contribution is 2.34. The second-order valence-corrected chi connectivity index (χ2v) is 9.46. The van der Waals surface area contributed by atoms with Crippen LogP contribution in [0.3, 0.4) is 0 Å². The zero-order valence-corrected chi connectivity index (χ0v) is 14.4. The number of nitrogens with zero attached hydrogens (tertiary/aromatic N) is 1. The molecule has 0 atom stereocenters. The quantitative estimate of drug-likeness (QED) is 0.829. The van der Waals surface area contributed by atoms with Gasteiger partial charge in [0.2, 0.25) is 10.0 Å². The summed E-state index contributed by atoms with van der Waals surface area (Å²) in [5.41, 5.74) is 7.51. The monoisotopic (exact) mass is 329 g/mol. The van der Waals surface area contributed by atoms with Crippen LogP contribution in [-0.4, -0.2) is 39.1 Å². The minimum absolute atomic E-state index is 0.204. The lowest BCUT2D eigenvalue weighted by Crippen LogP contribution is -2.28. The van der Waals surface area contributed by atoms with E-state index in [4.69, 9.17) is 5.73 Å². The van der Waals surface area contributed by atoms with Crippen molar-refractivity contribution in [2.24, 2.45) is 0 Å². The number of nitrogens with one attached hydrogen (secondary N) is 1. The third kappa shape index (κ3) is 3.84. The number of thioether (sulfide) groups is 1. The first kappa shape index (κ1) is 16.5. The molecular weight excluding hydrogens is 306 g/mol. The fourth-order valence-corrected chi connectivity index (χ4v) is 4.23. The Hall–Kier alpha value is -0.920. The fourth-order valence-electron chi connectivity index (χ4n) is 2.37. The maximum Gasteiger partial charge on any atom is 0.240 e. The summed E-state index contributed by atoms with van der Waals surface area (Å²) in [6.07, 6.45) is 1.08. The lowest BCUT2D eigenvalue weighted by molar-refractivity contribution is 0.588. The summed E-state index contributed by atoms with van der Waals surface area (Å²) < 4.78 is 26.2. The summed E-state index contributed by atoms with van der Waals surface area (Å²) in [6.45, 7) is 6.37. The summed E-state index contributed by atoms with van der Waals surface area (Å²) in [5.74, 6) is 1.04. The zero-order chi connectivity index (χ0) is 15.7. The van der Waals surface area contributed by atoms with Gasteiger partial charge < -0.3 is 10.6 Å². The summed E-state index contributed by atoms with van der Waals surface area (Å²) >= 11 is 1.97. The van der Waals surface area contributed by atoms with Gasteiger partial charge in [-0.15, -0.1) is 0 Å². The molecular formula is C14H23N3O2S2. The van der Waals surface area contributed by atoms with Crippen LogP contribution in [0.15, 0.2) is 23.1 Å². The van der Waals surface area contributed by atoms with Gasteiger partial charge in [-0.25, -0.2) is 13.1 Å². The molecule has 0 spiro atoms. The number of hydrogen-bond acceptors (Lipinski definition) is 5. The molecule has 1 fully saturated rings. The molecule has 0 saturated carbocycles. The van der Waals surface area contributed by atoms with E-state index in [2.05, 4.69) is 23.5 Å². The van der Waals surface area contributed by atoms with Gasteiger partial charge in [-0.3, -0.25) is 0 Å². The molecule has 7 heteroatoms. The molecule has 1 aromatic carbocycles. The van der Waals surface area contributed by atoms with E-state index < -0.39 is 10.0 Å². The van der Waals surface area contributed by atoms with Gasteiger partial charge in [-0.05, 0) is 31.7 Å². The molecule has 0 aromatic heterocycles. The number of rotatable bonds is 3. The average Bonchev–Trinajstić information content (AvgIpc) is 2.60. The van der Waals surface area contributed by atoms with Crippen LogP contribution in [0.25, 0.3) is 0 Å². The van der Waals surface area contributed by atoms with Crippen LogP contribution < -0.4 is 15.4 Å². The van der Waals surface area contributed by atoms with E-state index in [1.165, 1.54) is 13.1 Å². The molecule has 118 valence electrons. The van der Waals surface area contributed by atoms with Crippen molar-refractivity contribution in [3.8, 4) is 0 Å². The Morgan fingerprint density at radius 1 is 1.33 bits per heavy atom. The molecule has 1 aliphatic heterocycles. The Balaban J connectivity index is 2.25. The number of benzene rings is 1. The topological polar surface area (TPSA) is 75.4 Å². The third-order valence-corrected chi connectivity index (χ3v) is 6.54. The Morgan fingerprint density at radius 3 is 2.67 bits per heavy atom. The van der Waals surface area contributed by atoms with Crippen molar-refractivity contribution < 1.29 is 8.42 Å². The van der Waals surface area contributed by atoms with Gasteiger partial charge in [0.15, 0.2) is 0 Å². The normalized spacial score (nSPS) is 19.3. The molecule has 0 aliphatic carbocycles. The van der Waals surface area contributed by atoms with E-state index in [1.54, 1.807) is 6.07 Å². The van der Waals surface area contributed by atoms with Crippen LogP contribution in [0, 0.1) is 0 Å². The van der Waals surface area contributed by atoms with Gasteiger partial charge in [0, 0.05) is 23.6 Å². The SMILES string of the molecule is CNS(=O)(=O)c1ccc(N2CCSC(C)(C)CC2)c(N)c1. The van der Waals surface area contributed by atoms with Crippen molar-refractivity contribution in [2.75, 3.05) is 36.5 Å². The Kier molecular flexibility index (Phi) is 4.75. The van der Waals surface area contributed by atoms with Gasteiger partial charge >= 0.3 is 0 Å². The number of nitrogen functional groups attached to an aromatic ring is 1. The van der Waals surface area contributed by atoms with Crippen molar-refractivity contribution in [2.45, 2.75) is 29.9 Å². The van der Waals surface area contributed by atoms with Crippen molar-refractivity contribution in [3.05, 3.63) is 18.2 Å². The van der Waals surface area contributed by atoms with E-state index in [-0.39, 0.29) is 9.64 Å². The van der Waals surface area contributed by atoms with Crippen LogP contribution in [-0.2, 0) is 10.0 Å². The molecule has 1 heterocycles. The van der Waals surface area contributed by atoms with Crippen molar-refractivity contribution in [3.63, 3.8) is 0 Å². The first-order valence-electron chi connectivity index (χ1n) is 6.97. The molecule has 1 aliphatic rings. The molecule has 2 rings (SSSR count). The van der Waals surface area contributed by atoms with E-state index >= 15 is 0 Å². The largest absolute Gasteiger partial charge is 0.397 e. The van der Waals surface area contributed by atoms with E-state index in [0.29, 0.717) is 5.69 Å². The van der Waals surface area contributed by atoms with Crippen molar-refractivity contribution >= 4 is 33.2 Å². The van der Waals surface area contributed by atoms with Crippen LogP contribution >= 0.6 is 11.8 Å². The highest BCUT2D eigenvalue weighted by Gasteiger charge is 2.25. The standard InChI is InChI=1S/C14H23N3O2S2/c1-14(2)6-7-17(8-9-20-14)13-5-4-11(10-12(13)15)21(18,19)16-3/h4-5,10,16H,6-9,15H2,1-3H3. The second-order valence-electron chi connectivity index (χ2n) is 5.77. The van der Waals surface area contributed by atoms with E-state index in [1.807, 2.05) is 17.8 Å². The Labute approximate surface area is 131 Å². The molecule has 1 saturated heterocycles. The maximum absolute atomic E-state index is 11.8. The molecule has 3 N–H and O–H groups in total. The number of hydrogen-bond donors (Lipinski definition) is 2. The minimum Gasteiger partial charge on any atom is -0.397 e. The molecule has 21 heavy (non-hydrogen) atoms. The molecule has 0 unspecified atom stereocenters. The molecule has 0 radical (unpaired) electrons. The lowest BCUT2D eigenvalue weighted by atomic mass is 10.1. The summed E-state index contributed by atoms with van der Waals surface area (Å²) in [7, 11) is -2.05. The Morgan fingerprint density at radius 2 is 2.05 bits per heavy atom. The molecule has 5 nitrogen and oxygen atoms in total. The number of sulfonamides is 1. The predicted octanol–water partition coefficient (Wildman–Crippen LogP) is 1.90. The first-order chi connectivity index (χ1) is 9.75. The van der Waals surface area contributed by atoms with Crippen LogP contribution in [0.2, 0.25) is 0 Å². The molecule has 0 bridgehead atoms. The van der Waals surface area contributed by atoms with Gasteiger partial charge in [0.25, 0.3) is 0 Å². The summed E-state index contributed by atoms with van der Waals surface area (Å²) in [6, 6.07) is 4.95. The highest BCUT2D eigenvalue weighted by atomic mass is 32.2. The minimum atomic E-state index is -3.45. The zero-order valence-electron chi connectivity index (χ0n) is 12.7. The van der Waals surface area contributed by atoms with Gasteiger partial charge in [-0.1, -0.05) is 13.8 Å². The summed E-state index contributed by atoms with van der Waals surface area (Å²) in [5, 5.41) is 0. The van der Waals surface area contributed by atoms with Gasteiger partial charge in [0.1, 0.15) is 0 Å². The van der Waals surface area contributed by atoms with Crippen LogP contribution in [0.1, 0.15) is 20.3 Å². The molecule has 0 amide bonds. The second kappa shape index (κ2) is 6.06. The first-order valence-corrected chi connectivity index (χ1v) is 9.44. The third-order valence-electron chi connectivity index (χ3n) is 3.76. The fraction of sp³-hybridized carbons (Fsp3) is 0.571. The smallest absolute Gasteiger partial charge is 0.240 e. The summed E-state index contributed by atoms with van der Waals surface area (Å²) in [4.78, 5) is 2.45. The number of anilines is 2. The lowest BCUT2D eigenvalue weighted by Gasteiger charge is -2.25. The Bertz CT molecular complexity index is 615. The highest BCUT2D eigenvalue weighted by molar-refractivity contribution is 8.00. The van der Waals surface area contributed by atoms with Gasteiger partial charge in [-0.2, -0.15) is 11.8 Å². The predicted molar refractivity (Wildman–Crippen MR) is 90.5 cm³/mol. The van der Waals surface area contributed by atoms with Crippen LogP contribution in [0.5, 0.6) is 0 Å². The molecule has 1 aromatic rings. The van der Waals surface area contributed by atoms with Crippen molar-refractivity contribution in [1.29, 1.82) is 0 Å². The van der Waals surface area contributed by atoms with E-state index in [9.17, 15) is 8.42 Å². The van der Waals surface area contributed by atoms with Crippen molar-refractivity contribution in [1.82, 2.24) is 4.72 Å². The maximum atomic E-state index is 11.8. The number of nitrogens with two attached hydrogens (primary N) is 1. The van der Waals surface area contributed by atoms with Crippen LogP contribution in [0.4, 0.5) is 11.4 Å². The van der Waals surface area contributed by atoms with E-state index in [0.717, 1.165) is 31.0 Å². The average molecular weight is 329 g/mol. The van der Waals surface area contributed by atoms with Gasteiger partial charge in [0.05, 0.1) is 16.3 Å².